The number of fused-ring (bicyclic) bond motifs is 1. The van der Waals surface area contributed by atoms with Crippen molar-refractivity contribution < 1.29 is 24.3 Å². The van der Waals surface area contributed by atoms with Gasteiger partial charge in [0.1, 0.15) is 24.9 Å². The van der Waals surface area contributed by atoms with Gasteiger partial charge in [-0.15, -0.1) is 12.3 Å². The highest BCUT2D eigenvalue weighted by Crippen LogP contribution is 2.39. The minimum atomic E-state index is -1.20. The molecular weight excluding hydrogens is 280 g/mol. The van der Waals surface area contributed by atoms with Crippen LogP contribution < -0.4 is 14.8 Å². The first kappa shape index (κ1) is 14.5. The summed E-state index contributed by atoms with van der Waals surface area (Å²) in [5.41, 5.74) is -0.283. The Morgan fingerprint density at radius 1 is 1.48 bits per heavy atom. The van der Waals surface area contributed by atoms with E-state index in [0.29, 0.717) is 19.0 Å². The van der Waals surface area contributed by atoms with E-state index < -0.39 is 16.9 Å². The first-order valence-corrected chi connectivity index (χ1v) is 6.03. The maximum Gasteiger partial charge on any atom is 0.327 e. The molecule has 1 aliphatic heterocycles. The SMILES string of the molecule is C#CCC(Nc1cc2c(cc1[N+](=O)[O-])OCCO2)C(=O)O. The van der Waals surface area contributed by atoms with Crippen LogP contribution in [0.15, 0.2) is 12.1 Å². The Kier molecular flexibility index (Phi) is 4.13. The molecule has 1 aliphatic rings. The lowest BCUT2D eigenvalue weighted by Gasteiger charge is -2.20. The normalized spacial score (nSPS) is 13.9. The number of nitro groups is 1. The number of carboxylic acid groups (broad SMARTS) is 1. The highest BCUT2D eigenvalue weighted by Gasteiger charge is 2.25. The van der Waals surface area contributed by atoms with Crippen molar-refractivity contribution in [1.82, 2.24) is 0 Å². The number of nitrogens with one attached hydrogen (secondary N) is 1. The smallest absolute Gasteiger partial charge is 0.327 e. The Balaban J connectivity index is 2.39. The number of aliphatic carboxylic acids is 1. The molecular formula is C13H12N2O6. The fourth-order valence-electron chi connectivity index (χ4n) is 1.85. The number of hydrogen-bond donors (Lipinski definition) is 2. The number of anilines is 1. The van der Waals surface area contributed by atoms with E-state index in [1.165, 1.54) is 12.1 Å². The van der Waals surface area contributed by atoms with Gasteiger partial charge in [-0.05, 0) is 0 Å². The average molecular weight is 292 g/mol. The lowest BCUT2D eigenvalue weighted by atomic mass is 10.1. The van der Waals surface area contributed by atoms with Crippen molar-refractivity contribution in [3.8, 4) is 23.8 Å². The monoisotopic (exact) mass is 292 g/mol. The average Bonchev–Trinajstić information content (AvgIpc) is 2.45. The van der Waals surface area contributed by atoms with Crippen LogP contribution in [0.4, 0.5) is 11.4 Å². The van der Waals surface area contributed by atoms with Crippen molar-refractivity contribution in [1.29, 1.82) is 0 Å². The number of benzene rings is 1. The maximum atomic E-state index is 11.1. The third kappa shape index (κ3) is 3.14. The molecule has 0 radical (unpaired) electrons. The fraction of sp³-hybridized carbons (Fsp3) is 0.308. The van der Waals surface area contributed by atoms with E-state index >= 15 is 0 Å². The van der Waals surface area contributed by atoms with Crippen LogP contribution in [-0.4, -0.2) is 35.3 Å². The minimum Gasteiger partial charge on any atom is -0.486 e. The molecule has 21 heavy (non-hydrogen) atoms. The van der Waals surface area contributed by atoms with Crippen LogP contribution in [-0.2, 0) is 4.79 Å². The van der Waals surface area contributed by atoms with Crippen molar-refractivity contribution in [3.63, 3.8) is 0 Å². The summed E-state index contributed by atoms with van der Waals surface area (Å²) >= 11 is 0. The topological polar surface area (TPSA) is 111 Å². The summed E-state index contributed by atoms with van der Waals surface area (Å²) in [7, 11) is 0. The molecule has 1 unspecified atom stereocenters. The molecule has 110 valence electrons. The quantitative estimate of drug-likeness (QED) is 0.477. The second kappa shape index (κ2) is 6.00. The van der Waals surface area contributed by atoms with E-state index in [0.717, 1.165) is 0 Å². The van der Waals surface area contributed by atoms with E-state index in [1.54, 1.807) is 0 Å². The molecule has 0 fully saturated rings. The second-order valence-electron chi connectivity index (χ2n) is 4.21. The molecule has 8 heteroatoms. The molecule has 0 aromatic heterocycles. The zero-order chi connectivity index (χ0) is 15.4. The van der Waals surface area contributed by atoms with Gasteiger partial charge in [-0.3, -0.25) is 10.1 Å². The number of terminal acetylenes is 1. The Bertz CT molecular complexity index is 622. The molecule has 2 N–H and O–H groups in total. The van der Waals surface area contributed by atoms with Gasteiger partial charge in [0.25, 0.3) is 5.69 Å². The summed E-state index contributed by atoms with van der Waals surface area (Å²) in [5.74, 6) is 1.59. The van der Waals surface area contributed by atoms with Crippen molar-refractivity contribution in [2.75, 3.05) is 18.5 Å². The van der Waals surface area contributed by atoms with Crippen molar-refractivity contribution in [3.05, 3.63) is 22.2 Å². The standard InChI is InChI=1S/C13H12N2O6/c1-2-3-8(13(16)17)14-9-6-11-12(21-5-4-20-11)7-10(9)15(18)19/h1,6-8,14H,3-5H2,(H,16,17). The van der Waals surface area contributed by atoms with Crippen molar-refractivity contribution in [2.24, 2.45) is 0 Å². The molecule has 1 aromatic rings. The summed E-state index contributed by atoms with van der Waals surface area (Å²) in [6.45, 7) is 0.614. The Morgan fingerprint density at radius 2 is 2.10 bits per heavy atom. The minimum absolute atomic E-state index is 0.0203. The number of nitrogens with zero attached hydrogens (tertiary/aromatic N) is 1. The second-order valence-corrected chi connectivity index (χ2v) is 4.21. The third-order valence-corrected chi connectivity index (χ3v) is 2.81. The molecule has 2 rings (SSSR count). The van der Waals surface area contributed by atoms with E-state index in [-0.39, 0.29) is 23.5 Å². The van der Waals surface area contributed by atoms with Gasteiger partial charge in [0.2, 0.25) is 0 Å². The van der Waals surface area contributed by atoms with Crippen molar-refractivity contribution in [2.45, 2.75) is 12.5 Å². The zero-order valence-electron chi connectivity index (χ0n) is 10.9. The van der Waals surface area contributed by atoms with Crippen LogP contribution >= 0.6 is 0 Å². The maximum absolute atomic E-state index is 11.1. The first-order valence-electron chi connectivity index (χ1n) is 6.03. The lowest BCUT2D eigenvalue weighted by Crippen LogP contribution is -2.29. The van der Waals surface area contributed by atoms with Crippen LogP contribution in [0, 0.1) is 22.5 Å². The Morgan fingerprint density at radius 3 is 2.62 bits per heavy atom. The summed E-state index contributed by atoms with van der Waals surface area (Å²) < 4.78 is 10.6. The molecule has 0 bridgehead atoms. The van der Waals surface area contributed by atoms with Crippen LogP contribution in [0.2, 0.25) is 0 Å². The molecule has 0 aliphatic carbocycles. The molecule has 0 saturated heterocycles. The third-order valence-electron chi connectivity index (χ3n) is 2.81. The highest BCUT2D eigenvalue weighted by molar-refractivity contribution is 5.80. The first-order chi connectivity index (χ1) is 10.0. The molecule has 1 heterocycles. The van der Waals surface area contributed by atoms with Crippen LogP contribution in [0.5, 0.6) is 11.5 Å². The van der Waals surface area contributed by atoms with Gasteiger partial charge in [0.05, 0.1) is 11.0 Å². The van der Waals surface area contributed by atoms with Gasteiger partial charge in [0, 0.05) is 12.5 Å². The van der Waals surface area contributed by atoms with Crippen LogP contribution in [0.3, 0.4) is 0 Å². The fourth-order valence-corrected chi connectivity index (χ4v) is 1.85. The van der Waals surface area contributed by atoms with Gasteiger partial charge in [-0.25, -0.2) is 4.79 Å². The summed E-state index contributed by atoms with van der Waals surface area (Å²) in [6, 6.07) is 1.42. The van der Waals surface area contributed by atoms with Gasteiger partial charge in [0.15, 0.2) is 11.5 Å². The molecule has 0 spiro atoms. The summed E-state index contributed by atoms with van der Waals surface area (Å²) in [4.78, 5) is 21.5. The van der Waals surface area contributed by atoms with E-state index in [9.17, 15) is 14.9 Å². The number of rotatable bonds is 5. The lowest BCUT2D eigenvalue weighted by molar-refractivity contribution is -0.384. The van der Waals surface area contributed by atoms with Gasteiger partial charge in [-0.1, -0.05) is 0 Å². The Hall–Kier alpha value is -2.95. The molecule has 1 atom stereocenters. The molecule has 8 nitrogen and oxygen atoms in total. The number of carboxylic acids is 1. The number of ether oxygens (including phenoxy) is 2. The van der Waals surface area contributed by atoms with Crippen LogP contribution in [0.25, 0.3) is 0 Å². The zero-order valence-corrected chi connectivity index (χ0v) is 10.9. The largest absolute Gasteiger partial charge is 0.486 e. The van der Waals surface area contributed by atoms with Gasteiger partial charge < -0.3 is 19.9 Å². The molecule has 1 aromatic carbocycles. The summed E-state index contributed by atoms with van der Waals surface area (Å²) in [6.07, 6.45) is 4.99. The molecule has 0 amide bonds. The predicted octanol–water partition coefficient (Wildman–Crippen LogP) is 1.25. The van der Waals surface area contributed by atoms with Crippen molar-refractivity contribution >= 4 is 17.3 Å². The van der Waals surface area contributed by atoms with E-state index in [1.807, 2.05) is 0 Å². The number of hydrogen-bond acceptors (Lipinski definition) is 6. The summed E-state index contributed by atoms with van der Waals surface area (Å²) in [5, 5.41) is 22.7. The van der Waals surface area contributed by atoms with Gasteiger partial charge in [-0.2, -0.15) is 0 Å². The molecule has 0 saturated carbocycles. The number of carbonyl (C=O) groups is 1. The van der Waals surface area contributed by atoms with Crippen LogP contribution in [0.1, 0.15) is 6.42 Å². The number of nitro benzene ring substituents is 1. The van der Waals surface area contributed by atoms with E-state index in [4.69, 9.17) is 21.0 Å². The van der Waals surface area contributed by atoms with E-state index in [2.05, 4.69) is 11.2 Å². The van der Waals surface area contributed by atoms with Gasteiger partial charge >= 0.3 is 5.97 Å². The predicted molar refractivity (Wildman–Crippen MR) is 72.6 cm³/mol. The highest BCUT2D eigenvalue weighted by atomic mass is 16.6. The Labute approximate surface area is 119 Å².